The molecule has 154 valence electrons. The molecule has 0 atom stereocenters. The Balaban J connectivity index is 1.51. The number of thiophene rings is 1. The summed E-state index contributed by atoms with van der Waals surface area (Å²) in [5.41, 5.74) is 5.93. The van der Waals surface area contributed by atoms with Crippen molar-refractivity contribution >= 4 is 42.3 Å². The Morgan fingerprint density at radius 2 is 1.62 bits per heavy atom. The van der Waals surface area contributed by atoms with Gasteiger partial charge in [0.25, 0.3) is 0 Å². The van der Waals surface area contributed by atoms with Crippen LogP contribution in [0.3, 0.4) is 0 Å². The average molecular weight is 434 g/mol. The van der Waals surface area contributed by atoms with Crippen LogP contribution in [0.4, 0.5) is 0 Å². The zero-order valence-corrected chi connectivity index (χ0v) is 18.8. The van der Waals surface area contributed by atoms with E-state index in [-0.39, 0.29) is 0 Å². The van der Waals surface area contributed by atoms with Crippen LogP contribution in [-0.2, 0) is 7.05 Å². The van der Waals surface area contributed by atoms with E-state index in [1.54, 1.807) is 12.1 Å². The standard InChI is InChI=1S/C30H24NS/c1-19-9-12-24(20(2)15-19)28-17-29-27(18-31(28)3)26-14-11-23-16-22(21-7-5-4-6-8-21)10-13-25(23)30(26)32-29/h4-18H,1-3H3/q+1/i1D3. The second-order valence-electron chi connectivity index (χ2n) is 8.42. The Bertz CT molecular complexity index is 1750. The number of hydrogen-bond acceptors (Lipinski definition) is 1. The Labute approximate surface area is 196 Å². The summed E-state index contributed by atoms with van der Waals surface area (Å²) in [5, 5.41) is 5.01. The monoisotopic (exact) mass is 433 g/mol. The summed E-state index contributed by atoms with van der Waals surface area (Å²) < 4.78 is 27.8. The molecule has 0 fully saturated rings. The van der Waals surface area contributed by atoms with Gasteiger partial charge < -0.3 is 0 Å². The maximum atomic E-state index is 7.71. The minimum absolute atomic E-state index is 0.380. The Morgan fingerprint density at radius 1 is 0.781 bits per heavy atom. The summed E-state index contributed by atoms with van der Waals surface area (Å²) >= 11 is 1.82. The molecule has 4 aromatic carbocycles. The summed E-state index contributed by atoms with van der Waals surface area (Å²) in [6.45, 7) is -0.111. The quantitative estimate of drug-likeness (QED) is 0.244. The molecule has 0 spiro atoms. The predicted octanol–water partition coefficient (Wildman–Crippen LogP) is 7.98. The molecule has 0 unspecified atom stereocenters. The van der Waals surface area contributed by atoms with Crippen LogP contribution >= 0.6 is 11.3 Å². The Morgan fingerprint density at radius 3 is 2.44 bits per heavy atom. The minimum atomic E-state index is -2.09. The van der Waals surface area contributed by atoms with Gasteiger partial charge in [0, 0.05) is 30.5 Å². The lowest BCUT2D eigenvalue weighted by Crippen LogP contribution is -2.30. The molecule has 0 aliphatic heterocycles. The van der Waals surface area contributed by atoms with E-state index in [9.17, 15) is 0 Å². The molecule has 1 nitrogen and oxygen atoms in total. The first kappa shape index (κ1) is 16.2. The first-order valence-electron chi connectivity index (χ1n) is 12.3. The molecular weight excluding hydrogens is 406 g/mol. The minimum Gasteiger partial charge on any atom is -0.200 e. The highest BCUT2D eigenvalue weighted by Crippen LogP contribution is 2.40. The van der Waals surface area contributed by atoms with Crippen molar-refractivity contribution in [3.63, 3.8) is 0 Å². The molecule has 0 saturated heterocycles. The summed E-state index contributed by atoms with van der Waals surface area (Å²) in [6, 6.07) is 29.4. The number of pyridine rings is 1. The fourth-order valence-corrected chi connectivity index (χ4v) is 5.93. The number of aromatic nitrogens is 1. The van der Waals surface area contributed by atoms with Crippen molar-refractivity contribution in [3.05, 3.63) is 102 Å². The van der Waals surface area contributed by atoms with Crippen molar-refractivity contribution in [1.82, 2.24) is 0 Å². The van der Waals surface area contributed by atoms with E-state index in [2.05, 4.69) is 78.5 Å². The molecular formula is C30H24NS+. The SMILES string of the molecule is [2H]C([2H])([2H])c1ccc(-c2cc3sc4c5ccc(-c6ccccc6)cc5ccc4c3c[n+]2C)c(C)c1. The number of rotatable bonds is 2. The van der Waals surface area contributed by atoms with Gasteiger partial charge in [-0.25, -0.2) is 4.57 Å². The van der Waals surface area contributed by atoms with E-state index >= 15 is 0 Å². The van der Waals surface area contributed by atoms with Gasteiger partial charge in [-0.3, -0.25) is 0 Å². The Hall–Kier alpha value is -3.49. The van der Waals surface area contributed by atoms with E-state index in [0.717, 1.165) is 16.8 Å². The smallest absolute Gasteiger partial charge is 0.200 e. The van der Waals surface area contributed by atoms with Gasteiger partial charge in [0.1, 0.15) is 7.05 Å². The first-order valence-corrected chi connectivity index (χ1v) is 11.6. The van der Waals surface area contributed by atoms with Gasteiger partial charge in [0.15, 0.2) is 6.20 Å². The van der Waals surface area contributed by atoms with Gasteiger partial charge in [0.2, 0.25) is 5.69 Å². The fraction of sp³-hybridized carbons (Fsp3) is 0.100. The zero-order chi connectivity index (χ0) is 24.3. The lowest BCUT2D eigenvalue weighted by atomic mass is 9.99. The van der Waals surface area contributed by atoms with E-state index in [1.165, 1.54) is 42.1 Å². The van der Waals surface area contributed by atoms with Crippen LogP contribution in [0, 0.1) is 13.8 Å². The van der Waals surface area contributed by atoms with Crippen molar-refractivity contribution in [2.24, 2.45) is 7.05 Å². The van der Waals surface area contributed by atoms with Gasteiger partial charge in [-0.15, -0.1) is 11.3 Å². The van der Waals surface area contributed by atoms with Crippen molar-refractivity contribution in [3.8, 4) is 22.4 Å². The molecule has 0 amide bonds. The van der Waals surface area contributed by atoms with Crippen LogP contribution in [0.15, 0.2) is 91.1 Å². The van der Waals surface area contributed by atoms with Gasteiger partial charge in [0.05, 0.1) is 5.39 Å². The number of hydrogen-bond donors (Lipinski definition) is 0. The first-order chi connectivity index (χ1) is 16.8. The molecule has 2 heteroatoms. The second-order valence-corrected chi connectivity index (χ2v) is 9.48. The molecule has 0 bridgehead atoms. The highest BCUT2D eigenvalue weighted by atomic mass is 32.1. The van der Waals surface area contributed by atoms with Crippen LogP contribution < -0.4 is 4.57 Å². The van der Waals surface area contributed by atoms with Gasteiger partial charge >= 0.3 is 0 Å². The van der Waals surface area contributed by atoms with Crippen LogP contribution in [-0.4, -0.2) is 0 Å². The lowest BCUT2D eigenvalue weighted by Gasteiger charge is -2.06. The maximum Gasteiger partial charge on any atom is 0.213 e. The van der Waals surface area contributed by atoms with E-state index in [0.29, 0.717) is 5.56 Å². The van der Waals surface area contributed by atoms with Crippen LogP contribution in [0.5, 0.6) is 0 Å². The third-order valence-corrected chi connectivity index (χ3v) is 7.52. The third-order valence-electron chi connectivity index (χ3n) is 6.32. The van der Waals surface area contributed by atoms with E-state index < -0.39 is 6.85 Å². The highest BCUT2D eigenvalue weighted by Gasteiger charge is 2.18. The maximum absolute atomic E-state index is 7.71. The number of benzene rings is 4. The van der Waals surface area contributed by atoms with Crippen LogP contribution in [0.1, 0.15) is 15.2 Å². The molecule has 2 aromatic heterocycles. The molecule has 0 aliphatic rings. The van der Waals surface area contributed by atoms with Crippen LogP contribution in [0.25, 0.3) is 53.3 Å². The number of nitrogens with zero attached hydrogens (tertiary/aromatic N) is 1. The van der Waals surface area contributed by atoms with Crippen molar-refractivity contribution < 1.29 is 8.68 Å². The largest absolute Gasteiger partial charge is 0.213 e. The fourth-order valence-electron chi connectivity index (χ4n) is 4.68. The topological polar surface area (TPSA) is 3.88 Å². The van der Waals surface area contributed by atoms with Crippen LogP contribution in [0.2, 0.25) is 0 Å². The number of aryl methyl sites for hydroxylation is 3. The summed E-state index contributed by atoms with van der Waals surface area (Å²) in [6.07, 6.45) is 2.20. The summed E-state index contributed by atoms with van der Waals surface area (Å²) in [4.78, 5) is 0. The molecule has 2 heterocycles. The predicted molar refractivity (Wildman–Crippen MR) is 138 cm³/mol. The van der Waals surface area contributed by atoms with Gasteiger partial charge in [-0.1, -0.05) is 72.3 Å². The molecule has 0 aliphatic carbocycles. The molecule has 32 heavy (non-hydrogen) atoms. The second kappa shape index (κ2) is 7.29. The van der Waals surface area contributed by atoms with Crippen molar-refractivity contribution in [1.29, 1.82) is 0 Å². The Kier molecular flexibility index (Phi) is 3.69. The normalized spacial score (nSPS) is 13.4. The van der Waals surface area contributed by atoms with Gasteiger partial charge in [-0.2, -0.15) is 0 Å². The zero-order valence-electron chi connectivity index (χ0n) is 21.0. The van der Waals surface area contributed by atoms with Crippen molar-refractivity contribution in [2.45, 2.75) is 13.8 Å². The molecule has 0 saturated carbocycles. The summed E-state index contributed by atoms with van der Waals surface area (Å²) in [5.74, 6) is 0. The third kappa shape index (κ3) is 3.03. The van der Waals surface area contributed by atoms with Gasteiger partial charge in [-0.05, 0) is 53.4 Å². The summed E-state index contributed by atoms with van der Waals surface area (Å²) in [7, 11) is 2.06. The number of fused-ring (bicyclic) bond motifs is 5. The lowest BCUT2D eigenvalue weighted by molar-refractivity contribution is -0.659. The average Bonchev–Trinajstić information content (AvgIpc) is 3.21. The van der Waals surface area contributed by atoms with Crippen molar-refractivity contribution in [2.75, 3.05) is 0 Å². The van der Waals surface area contributed by atoms with E-state index in [4.69, 9.17) is 4.11 Å². The molecule has 6 rings (SSSR count). The molecule has 0 N–H and O–H groups in total. The van der Waals surface area contributed by atoms with E-state index in [1.807, 2.05) is 30.4 Å². The molecule has 0 radical (unpaired) electrons. The molecule has 6 aromatic rings. The highest BCUT2D eigenvalue weighted by molar-refractivity contribution is 7.26.